The Kier molecular flexibility index (Phi) is 10.7. The molecule has 1 rings (SSSR count). The molecule has 0 bridgehead atoms. The van der Waals surface area contributed by atoms with Crippen molar-refractivity contribution >= 4 is 17.9 Å². The normalized spacial score (nSPS) is 28.1. The first-order valence-electron chi connectivity index (χ1n) is 8.68. The van der Waals surface area contributed by atoms with Gasteiger partial charge in [0.2, 0.25) is 0 Å². The molecule has 0 amide bonds. The second kappa shape index (κ2) is 12.5. The lowest BCUT2D eigenvalue weighted by Crippen LogP contribution is -3.04. The van der Waals surface area contributed by atoms with E-state index in [1.54, 1.807) is 0 Å². The molecular weight excluding hydrogens is 416 g/mol. The van der Waals surface area contributed by atoms with Gasteiger partial charge in [-0.3, -0.25) is 9.59 Å². The number of hydrogen-bond acceptors (Lipinski definition) is 13. The summed E-state index contributed by atoms with van der Waals surface area (Å²) in [6.45, 7) is 1.48. The average Bonchev–Trinajstić information content (AvgIpc) is 2.68. The van der Waals surface area contributed by atoms with Crippen LogP contribution in [-0.4, -0.2) is 88.9 Å². The highest BCUT2D eigenvalue weighted by molar-refractivity contribution is 5.81. The Morgan fingerprint density at radius 1 is 1.00 bits per heavy atom. The first-order valence-corrected chi connectivity index (χ1v) is 8.68. The largest absolute Gasteiger partial charge is 0.600 e. The van der Waals surface area contributed by atoms with E-state index in [0.717, 1.165) is 6.08 Å². The van der Waals surface area contributed by atoms with Gasteiger partial charge in [0.25, 0.3) is 0 Å². The Hall–Kier alpha value is -2.21. The molecule has 0 spiro atoms. The van der Waals surface area contributed by atoms with Gasteiger partial charge in [0.05, 0.1) is 12.8 Å². The van der Waals surface area contributed by atoms with Gasteiger partial charge in [-0.15, -0.1) is 0 Å². The molecule has 0 radical (unpaired) electrons. The number of carbonyl (C=O) groups is 3. The standard InChI is InChI=1S/C15H24N2O13/c1-2-9(18)29-14-13(30-11(20)4-6-17(25)26)12(21)8(28-15(14)22)7-27-10(19)3-5-16(23)24/h2,8,12-17,21-23,25H,1,3-7H2. The molecule has 15 heteroatoms. The van der Waals surface area contributed by atoms with Crippen LogP contribution in [0.5, 0.6) is 0 Å². The molecule has 1 aliphatic rings. The maximum Gasteiger partial charge on any atom is 0.330 e. The van der Waals surface area contributed by atoms with Gasteiger partial charge in [-0.05, 0) is 0 Å². The summed E-state index contributed by atoms with van der Waals surface area (Å²) in [6, 6.07) is 0. The van der Waals surface area contributed by atoms with E-state index in [-0.39, 0.29) is 0 Å². The summed E-state index contributed by atoms with van der Waals surface area (Å²) in [5.41, 5.74) is 0. The van der Waals surface area contributed by atoms with Crippen LogP contribution in [0.3, 0.4) is 0 Å². The second-order valence-electron chi connectivity index (χ2n) is 6.09. The molecule has 0 saturated carbocycles. The van der Waals surface area contributed by atoms with Crippen LogP contribution < -0.4 is 10.5 Å². The predicted molar refractivity (Wildman–Crippen MR) is 89.0 cm³/mol. The highest BCUT2D eigenvalue weighted by Crippen LogP contribution is 2.26. The lowest BCUT2D eigenvalue weighted by molar-refractivity contribution is -1.05. The van der Waals surface area contributed by atoms with Crippen molar-refractivity contribution in [2.24, 2.45) is 0 Å². The van der Waals surface area contributed by atoms with Crippen LogP contribution in [0.15, 0.2) is 12.7 Å². The Bertz CT molecular complexity index is 599. The highest BCUT2D eigenvalue weighted by Gasteiger charge is 2.49. The third kappa shape index (κ3) is 8.66. The first kappa shape index (κ1) is 25.8. The minimum Gasteiger partial charge on any atom is -0.600 e. The molecule has 0 aliphatic carbocycles. The summed E-state index contributed by atoms with van der Waals surface area (Å²) in [5, 5.41) is 56.2. The van der Waals surface area contributed by atoms with Crippen molar-refractivity contribution in [2.45, 2.75) is 43.5 Å². The SMILES string of the molecule is C=CC(=O)OC1C(O)OC(COC(=O)CC[NH+]([O-])O)C(O)C1OC(=O)CC[NH+]([O-])O. The minimum atomic E-state index is -1.91. The molecule has 6 N–H and O–H groups in total. The molecule has 1 heterocycles. The van der Waals surface area contributed by atoms with E-state index < -0.39 is 91.6 Å². The van der Waals surface area contributed by atoms with Crippen LogP contribution >= 0.6 is 0 Å². The quantitative estimate of drug-likeness (QED) is 0.0766. The first-order chi connectivity index (χ1) is 14.0. The fourth-order valence-electron chi connectivity index (χ4n) is 2.36. The topological polar surface area (TPSA) is 224 Å². The lowest BCUT2D eigenvalue weighted by Gasteiger charge is -2.41. The fourth-order valence-corrected chi connectivity index (χ4v) is 2.36. The van der Waals surface area contributed by atoms with Gasteiger partial charge in [-0.1, -0.05) is 6.58 Å². The van der Waals surface area contributed by atoms with Crippen molar-refractivity contribution in [1.29, 1.82) is 0 Å². The van der Waals surface area contributed by atoms with E-state index in [9.17, 15) is 35.0 Å². The predicted octanol–water partition coefficient (Wildman–Crippen LogP) is -5.06. The van der Waals surface area contributed by atoms with E-state index >= 15 is 0 Å². The zero-order valence-electron chi connectivity index (χ0n) is 15.7. The molecule has 0 aromatic heterocycles. The average molecular weight is 440 g/mol. The van der Waals surface area contributed by atoms with Crippen LogP contribution in [0, 0.1) is 10.4 Å². The fraction of sp³-hybridized carbons (Fsp3) is 0.667. The summed E-state index contributed by atoms with van der Waals surface area (Å²) >= 11 is 0. The molecule has 172 valence electrons. The van der Waals surface area contributed by atoms with Crippen molar-refractivity contribution in [1.82, 2.24) is 0 Å². The molecule has 0 aromatic carbocycles. The van der Waals surface area contributed by atoms with Crippen LogP contribution in [0.4, 0.5) is 0 Å². The van der Waals surface area contributed by atoms with Gasteiger partial charge >= 0.3 is 17.9 Å². The maximum absolute atomic E-state index is 11.9. The van der Waals surface area contributed by atoms with Gasteiger partial charge in [0.15, 0.2) is 18.5 Å². The zero-order chi connectivity index (χ0) is 22.8. The molecule has 1 aliphatic heterocycles. The third-order valence-electron chi connectivity index (χ3n) is 3.82. The Balaban J connectivity index is 2.83. The molecule has 30 heavy (non-hydrogen) atoms. The third-order valence-corrected chi connectivity index (χ3v) is 3.82. The summed E-state index contributed by atoms with van der Waals surface area (Å²) < 4.78 is 19.7. The number of nitrogens with one attached hydrogen (secondary N) is 2. The van der Waals surface area contributed by atoms with Crippen molar-refractivity contribution in [2.75, 3.05) is 19.7 Å². The van der Waals surface area contributed by atoms with Crippen LogP contribution in [-0.2, 0) is 33.3 Å². The number of ether oxygens (including phenoxy) is 4. The van der Waals surface area contributed by atoms with E-state index in [4.69, 9.17) is 29.4 Å². The summed E-state index contributed by atoms with van der Waals surface area (Å²) in [7, 11) is 0. The second-order valence-corrected chi connectivity index (χ2v) is 6.09. The van der Waals surface area contributed by atoms with Crippen LogP contribution in [0.1, 0.15) is 12.8 Å². The number of aliphatic hydroxyl groups excluding tert-OH is 2. The number of hydroxylamine groups is 4. The monoisotopic (exact) mass is 440 g/mol. The van der Waals surface area contributed by atoms with E-state index in [1.165, 1.54) is 0 Å². The molecular formula is C15H24N2O13. The van der Waals surface area contributed by atoms with Crippen molar-refractivity contribution in [3.63, 3.8) is 0 Å². The molecule has 7 unspecified atom stereocenters. The van der Waals surface area contributed by atoms with E-state index in [0.29, 0.717) is 0 Å². The molecule has 1 saturated heterocycles. The number of carbonyl (C=O) groups excluding carboxylic acids is 3. The zero-order valence-corrected chi connectivity index (χ0v) is 15.7. The summed E-state index contributed by atoms with van der Waals surface area (Å²) in [5.74, 6) is -3.01. The Morgan fingerprint density at radius 3 is 2.10 bits per heavy atom. The smallest absolute Gasteiger partial charge is 0.330 e. The molecule has 1 fully saturated rings. The van der Waals surface area contributed by atoms with Gasteiger partial charge in [0, 0.05) is 6.08 Å². The van der Waals surface area contributed by atoms with Gasteiger partial charge in [0.1, 0.15) is 31.9 Å². The minimum absolute atomic E-state index is 0.451. The maximum atomic E-state index is 11.9. The number of rotatable bonds is 11. The van der Waals surface area contributed by atoms with Crippen LogP contribution in [0.25, 0.3) is 0 Å². The van der Waals surface area contributed by atoms with Gasteiger partial charge < -0.3 is 39.6 Å². The Morgan fingerprint density at radius 2 is 1.57 bits per heavy atom. The van der Waals surface area contributed by atoms with Crippen molar-refractivity contribution < 1.29 is 64.4 Å². The van der Waals surface area contributed by atoms with Gasteiger partial charge in [-0.25, -0.2) is 25.7 Å². The Labute approximate surface area is 169 Å². The molecule has 0 aromatic rings. The van der Waals surface area contributed by atoms with Crippen LogP contribution in [0.2, 0.25) is 0 Å². The van der Waals surface area contributed by atoms with E-state index in [1.807, 2.05) is 0 Å². The van der Waals surface area contributed by atoms with Gasteiger partial charge in [-0.2, -0.15) is 0 Å². The van der Waals surface area contributed by atoms with Crippen molar-refractivity contribution in [3.05, 3.63) is 23.1 Å². The summed E-state index contributed by atoms with van der Waals surface area (Å²) in [4.78, 5) is 34.9. The molecule has 7 atom stereocenters. The lowest BCUT2D eigenvalue weighted by atomic mass is 9.98. The summed E-state index contributed by atoms with van der Waals surface area (Å²) in [6.07, 6.45) is -8.71. The number of aliphatic hydroxyl groups is 2. The number of esters is 3. The highest BCUT2D eigenvalue weighted by atomic mass is 16.8. The number of quaternary nitrogens is 2. The number of hydrogen-bond donors (Lipinski definition) is 6. The van der Waals surface area contributed by atoms with E-state index in [2.05, 4.69) is 6.58 Å². The molecule has 15 nitrogen and oxygen atoms in total. The van der Waals surface area contributed by atoms with Crippen molar-refractivity contribution in [3.8, 4) is 0 Å².